The molecule has 1 saturated heterocycles. The molecule has 1 unspecified atom stereocenters. The third kappa shape index (κ3) is 4.72. The first-order valence-corrected chi connectivity index (χ1v) is 12.5. The molecule has 0 saturated carbocycles. The van der Waals surface area contributed by atoms with Gasteiger partial charge in [0.1, 0.15) is 5.52 Å². The van der Waals surface area contributed by atoms with Crippen LogP contribution in [0.5, 0.6) is 0 Å². The lowest BCUT2D eigenvalue weighted by Gasteiger charge is -2.35. The zero-order valence-electron chi connectivity index (χ0n) is 21.1. The van der Waals surface area contributed by atoms with Crippen molar-refractivity contribution in [3.8, 4) is 12.1 Å². The molecule has 0 amide bonds. The number of fused-ring (bicyclic) bond motifs is 1. The maximum absolute atomic E-state index is 13.4. The number of aromatic nitrogens is 3. The van der Waals surface area contributed by atoms with Gasteiger partial charge in [0.05, 0.1) is 35.5 Å². The molecule has 0 spiro atoms. The number of benzene rings is 2. The van der Waals surface area contributed by atoms with Gasteiger partial charge < -0.3 is 10.2 Å². The van der Waals surface area contributed by atoms with Gasteiger partial charge >= 0.3 is 5.69 Å². The summed E-state index contributed by atoms with van der Waals surface area (Å²) in [6.07, 6.45) is 2.05. The molecule has 8 nitrogen and oxygen atoms in total. The summed E-state index contributed by atoms with van der Waals surface area (Å²) < 4.78 is 3.34. The van der Waals surface area contributed by atoms with Crippen LogP contribution in [-0.2, 0) is 20.1 Å². The molecule has 0 aliphatic carbocycles. The average Bonchev–Trinajstić information content (AvgIpc) is 3.16. The van der Waals surface area contributed by atoms with Gasteiger partial charge in [-0.3, -0.25) is 9.13 Å². The average molecular weight is 492 g/mol. The molecule has 0 bridgehead atoms. The van der Waals surface area contributed by atoms with E-state index < -0.39 is 0 Å². The highest BCUT2D eigenvalue weighted by molar-refractivity contribution is 5.87. The molecule has 1 atom stereocenters. The van der Waals surface area contributed by atoms with Crippen molar-refractivity contribution < 1.29 is 0 Å². The lowest BCUT2D eigenvalue weighted by Crippen LogP contribution is -2.45. The lowest BCUT2D eigenvalue weighted by molar-refractivity contribution is 0.421. The van der Waals surface area contributed by atoms with Gasteiger partial charge in [0, 0.05) is 38.4 Å². The van der Waals surface area contributed by atoms with Gasteiger partial charge in [-0.25, -0.2) is 9.78 Å². The van der Waals surface area contributed by atoms with Crippen LogP contribution in [0.4, 0.5) is 5.69 Å². The number of hydrogen-bond donors (Lipinski definition) is 1. The van der Waals surface area contributed by atoms with Gasteiger partial charge in [0.2, 0.25) is 0 Å². The lowest BCUT2D eigenvalue weighted by atomic mass is 10.0. The molecule has 8 heteroatoms. The first kappa shape index (κ1) is 24.3. The zero-order chi connectivity index (χ0) is 25.9. The second-order valence-corrected chi connectivity index (χ2v) is 9.59. The van der Waals surface area contributed by atoms with Gasteiger partial charge in [0.25, 0.3) is 0 Å². The summed E-state index contributed by atoms with van der Waals surface area (Å²) in [7, 11) is 1.75. The number of pyridine rings is 1. The maximum atomic E-state index is 13.4. The second kappa shape index (κ2) is 10.3. The van der Waals surface area contributed by atoms with Gasteiger partial charge in [-0.15, -0.1) is 0 Å². The highest BCUT2D eigenvalue weighted by Crippen LogP contribution is 2.29. The van der Waals surface area contributed by atoms with Crippen LogP contribution in [0.25, 0.3) is 11.2 Å². The van der Waals surface area contributed by atoms with Crippen LogP contribution in [0, 0.1) is 29.6 Å². The Labute approximate surface area is 216 Å². The van der Waals surface area contributed by atoms with Gasteiger partial charge in [-0.1, -0.05) is 36.4 Å². The normalized spacial score (nSPS) is 15.5. The summed E-state index contributed by atoms with van der Waals surface area (Å²) in [5, 5.41) is 22.7. The number of nitrogens with one attached hydrogen (secondary N) is 1. The summed E-state index contributed by atoms with van der Waals surface area (Å²) in [5.41, 5.74) is 6.19. The molecule has 1 aliphatic heterocycles. The summed E-state index contributed by atoms with van der Waals surface area (Å²) in [4.78, 5) is 20.4. The molecule has 5 rings (SSSR count). The van der Waals surface area contributed by atoms with Crippen molar-refractivity contribution in [3.63, 3.8) is 0 Å². The van der Waals surface area contributed by atoms with Crippen LogP contribution < -0.4 is 15.9 Å². The minimum Gasteiger partial charge on any atom is -0.368 e. The first-order valence-electron chi connectivity index (χ1n) is 12.5. The SMILES string of the molecule is Cc1cc(N2CCCC(NCc3ccccc3C#N)C2)c2c(n1)n(C)c(=O)n2Cc1ccccc1C#N. The van der Waals surface area contributed by atoms with Gasteiger partial charge in [-0.2, -0.15) is 10.5 Å². The Hall–Kier alpha value is -4.40. The molecule has 1 aliphatic rings. The van der Waals surface area contributed by atoms with Crippen molar-refractivity contribution in [3.05, 3.63) is 93.0 Å². The fourth-order valence-electron chi connectivity index (χ4n) is 5.22. The molecule has 186 valence electrons. The second-order valence-electron chi connectivity index (χ2n) is 9.59. The summed E-state index contributed by atoms with van der Waals surface area (Å²) in [6, 6.07) is 21.9. The minimum absolute atomic E-state index is 0.151. The summed E-state index contributed by atoms with van der Waals surface area (Å²) in [6.45, 7) is 4.55. The number of anilines is 1. The Morgan fingerprint density at radius 2 is 1.73 bits per heavy atom. The van der Waals surface area contributed by atoms with Crippen LogP contribution in [0.1, 0.15) is 40.8 Å². The third-order valence-electron chi connectivity index (χ3n) is 7.14. The van der Waals surface area contributed by atoms with Crippen LogP contribution in [0.2, 0.25) is 0 Å². The molecule has 37 heavy (non-hydrogen) atoms. The topological polar surface area (TPSA) is 103 Å². The van der Waals surface area contributed by atoms with Gasteiger partial charge in [0.15, 0.2) is 5.65 Å². The highest BCUT2D eigenvalue weighted by Gasteiger charge is 2.25. The van der Waals surface area contributed by atoms with E-state index in [2.05, 4.69) is 28.4 Å². The number of piperidine rings is 1. The van der Waals surface area contributed by atoms with Crippen molar-refractivity contribution >= 4 is 16.9 Å². The van der Waals surface area contributed by atoms with E-state index in [1.807, 2.05) is 49.4 Å². The minimum atomic E-state index is -0.151. The molecule has 0 radical (unpaired) electrons. The fourth-order valence-corrected chi connectivity index (χ4v) is 5.22. The fraction of sp³-hybridized carbons (Fsp3) is 0.310. The van der Waals surface area contributed by atoms with Crippen molar-refractivity contribution in [1.29, 1.82) is 10.5 Å². The van der Waals surface area contributed by atoms with E-state index in [-0.39, 0.29) is 11.7 Å². The van der Waals surface area contributed by atoms with Crippen LogP contribution in [0.3, 0.4) is 0 Å². The smallest absolute Gasteiger partial charge is 0.330 e. The number of nitrogens with zero attached hydrogens (tertiary/aromatic N) is 6. The molecular formula is C29H29N7O. The molecule has 2 aromatic heterocycles. The highest BCUT2D eigenvalue weighted by atomic mass is 16.1. The number of nitriles is 2. The van der Waals surface area contributed by atoms with E-state index in [9.17, 15) is 15.3 Å². The van der Waals surface area contributed by atoms with Crippen LogP contribution in [-0.4, -0.2) is 33.2 Å². The van der Waals surface area contributed by atoms with E-state index in [4.69, 9.17) is 4.98 Å². The molecular weight excluding hydrogens is 462 g/mol. The Morgan fingerprint density at radius 1 is 1.05 bits per heavy atom. The third-order valence-corrected chi connectivity index (χ3v) is 7.14. The largest absolute Gasteiger partial charge is 0.368 e. The zero-order valence-corrected chi connectivity index (χ0v) is 21.1. The van der Waals surface area contributed by atoms with E-state index in [0.29, 0.717) is 29.9 Å². The number of imidazole rings is 1. The molecule has 1 N–H and O–H groups in total. The summed E-state index contributed by atoms with van der Waals surface area (Å²) in [5.74, 6) is 0. The first-order chi connectivity index (χ1) is 18.0. The maximum Gasteiger partial charge on any atom is 0.330 e. The standard InChI is InChI=1S/C29H29N7O/c1-20-14-26(35-13-7-12-25(19-35)32-17-23-10-5-3-8-21(23)15-30)27-28(33-20)34(2)29(37)36(27)18-24-11-6-4-9-22(24)16-31/h3-6,8-11,14,25,32H,7,12-13,17-19H2,1-2H3. The summed E-state index contributed by atoms with van der Waals surface area (Å²) >= 11 is 0. The number of aryl methyl sites for hydroxylation is 2. The molecule has 2 aromatic carbocycles. The van der Waals surface area contributed by atoms with Gasteiger partial charge in [-0.05, 0) is 49.1 Å². The van der Waals surface area contributed by atoms with Crippen molar-refractivity contribution in [2.24, 2.45) is 7.05 Å². The Bertz CT molecular complexity index is 1600. The Balaban J connectivity index is 1.49. The van der Waals surface area contributed by atoms with E-state index in [0.717, 1.165) is 54.0 Å². The van der Waals surface area contributed by atoms with E-state index in [1.54, 1.807) is 22.2 Å². The number of rotatable bonds is 6. The van der Waals surface area contributed by atoms with E-state index in [1.165, 1.54) is 0 Å². The monoisotopic (exact) mass is 491 g/mol. The van der Waals surface area contributed by atoms with E-state index >= 15 is 0 Å². The van der Waals surface area contributed by atoms with Crippen LogP contribution in [0.15, 0.2) is 59.4 Å². The molecule has 1 fully saturated rings. The number of hydrogen-bond acceptors (Lipinski definition) is 6. The Kier molecular flexibility index (Phi) is 6.76. The Morgan fingerprint density at radius 3 is 2.46 bits per heavy atom. The molecule has 4 aromatic rings. The van der Waals surface area contributed by atoms with Crippen molar-refractivity contribution in [2.45, 2.75) is 38.9 Å². The van der Waals surface area contributed by atoms with Crippen LogP contribution >= 0.6 is 0 Å². The molecule has 3 heterocycles. The van der Waals surface area contributed by atoms with Crippen molar-refractivity contribution in [2.75, 3.05) is 18.0 Å². The predicted molar refractivity (Wildman–Crippen MR) is 143 cm³/mol. The van der Waals surface area contributed by atoms with Crippen molar-refractivity contribution in [1.82, 2.24) is 19.4 Å². The quantitative estimate of drug-likeness (QED) is 0.442. The predicted octanol–water partition coefficient (Wildman–Crippen LogP) is 3.59.